The highest BCUT2D eigenvalue weighted by Crippen LogP contribution is 2.22. The molecule has 0 fully saturated rings. The number of primary amides is 1. The summed E-state index contributed by atoms with van der Waals surface area (Å²) >= 11 is 0. The van der Waals surface area contributed by atoms with Crippen LogP contribution in [0, 0.1) is 30.1 Å². The summed E-state index contributed by atoms with van der Waals surface area (Å²) in [4.78, 5) is 122. The Balaban J connectivity index is 3.19. The highest BCUT2D eigenvalue weighted by molar-refractivity contribution is 5.97. The van der Waals surface area contributed by atoms with Gasteiger partial charge in [-0.3, -0.25) is 43.2 Å². The lowest BCUT2D eigenvalue weighted by atomic mass is 9.88. The Morgan fingerprint density at radius 2 is 1.03 bits per heavy atom. The minimum absolute atomic E-state index is 0.0275. The van der Waals surface area contributed by atoms with Gasteiger partial charge in [-0.15, -0.1) is 12.3 Å². The number of ketones is 4. The molecule has 1 rings (SSSR count). The summed E-state index contributed by atoms with van der Waals surface area (Å²) in [7, 11) is 0. The number of terminal acetylenes is 1. The van der Waals surface area contributed by atoms with Crippen molar-refractivity contribution in [2.45, 2.75) is 244 Å². The Labute approximate surface area is 461 Å². The molecule has 5 amide bonds. The van der Waals surface area contributed by atoms with Gasteiger partial charge in [0, 0.05) is 63.2 Å². The Kier molecular flexibility index (Phi) is 38.4. The van der Waals surface area contributed by atoms with Gasteiger partial charge in [0.2, 0.25) is 29.5 Å². The number of hydrogen-bond acceptors (Lipinski definition) is 12. The number of carbonyl (C=O) groups excluding carboxylic acids is 9. The summed E-state index contributed by atoms with van der Waals surface area (Å²) in [5.41, 5.74) is 17.6. The molecule has 1 aromatic carbocycles. The largest absolute Gasteiger partial charge is 0.508 e. The highest BCUT2D eigenvalue weighted by atomic mass is 16.3. The molecule has 0 bridgehead atoms. The minimum Gasteiger partial charge on any atom is -0.508 e. The molecule has 1 aromatic rings. The van der Waals surface area contributed by atoms with Crippen molar-refractivity contribution in [1.29, 1.82) is 0 Å². The van der Waals surface area contributed by atoms with E-state index in [1.165, 1.54) is 69.9 Å². The number of Topliss-reactive ketones (excluding diaryl/α,β-unsaturated/α-hetero) is 4. The summed E-state index contributed by atoms with van der Waals surface area (Å²) in [6.07, 6.45) is 22.4. The molecule has 0 radical (unpaired) electrons. The van der Waals surface area contributed by atoms with Crippen molar-refractivity contribution < 1.29 is 48.3 Å². The first kappa shape index (κ1) is 69.5. The monoisotopic (exact) mass is 1080 g/mol. The number of nitrogens with two attached hydrogens (primary N) is 3. The Hall–Kier alpha value is -5.47. The van der Waals surface area contributed by atoms with Gasteiger partial charge in [-0.1, -0.05) is 123 Å². The van der Waals surface area contributed by atoms with E-state index in [0.29, 0.717) is 63.6 Å². The molecule has 434 valence electrons. The molecule has 0 aliphatic heterocycles. The first-order valence-electron chi connectivity index (χ1n) is 29.1. The van der Waals surface area contributed by atoms with Crippen LogP contribution in [-0.2, 0) is 49.6 Å². The number of phenols is 1. The van der Waals surface area contributed by atoms with Gasteiger partial charge in [0.25, 0.3) is 0 Å². The molecule has 0 aliphatic carbocycles. The van der Waals surface area contributed by atoms with Crippen LogP contribution in [0.3, 0.4) is 0 Å². The van der Waals surface area contributed by atoms with Crippen molar-refractivity contribution in [1.82, 2.24) is 21.3 Å². The molecular weight excluding hydrogens is 979 g/mol. The van der Waals surface area contributed by atoms with Crippen molar-refractivity contribution in [3.63, 3.8) is 0 Å². The van der Waals surface area contributed by atoms with Gasteiger partial charge < -0.3 is 43.6 Å². The third kappa shape index (κ3) is 32.8. The van der Waals surface area contributed by atoms with Crippen LogP contribution in [0.2, 0.25) is 0 Å². The van der Waals surface area contributed by atoms with Crippen molar-refractivity contribution >= 4 is 52.7 Å². The van der Waals surface area contributed by atoms with Crippen LogP contribution in [0.15, 0.2) is 24.3 Å². The van der Waals surface area contributed by atoms with Crippen molar-refractivity contribution in [3.8, 4) is 18.1 Å². The Morgan fingerprint density at radius 3 is 1.55 bits per heavy atom. The summed E-state index contributed by atoms with van der Waals surface area (Å²) in [6.45, 7) is 8.54. The number of hydrogen-bond donors (Lipinski definition) is 8. The molecular formula is C60H99N7O10. The highest BCUT2D eigenvalue weighted by Gasteiger charge is 2.34. The fourth-order valence-electron chi connectivity index (χ4n) is 9.37. The SMILES string of the molecule is C#CCC(NC(=O)CCCCCCCCCCCCCCC)C(=O)CCC(=O)N[C@@H](Cc1ccc(O)cc1)C(=O)C[C@@H](CCC(N)=O)C(=O)N[C@@H](CCCCN)C(=O)C[C@@H](CCCCN)C(=O)N[C@@H](CC(C)C)C(=O)CC. The molecule has 17 heteroatoms. The maximum Gasteiger partial charge on any atom is 0.224 e. The van der Waals surface area contributed by atoms with Crippen molar-refractivity contribution in [3.05, 3.63) is 29.8 Å². The van der Waals surface area contributed by atoms with Gasteiger partial charge >= 0.3 is 0 Å². The van der Waals surface area contributed by atoms with E-state index in [4.69, 9.17) is 23.6 Å². The molecule has 6 atom stereocenters. The number of phenolic OH excluding ortho intramolecular Hbond substituents is 1. The van der Waals surface area contributed by atoms with E-state index in [1.807, 2.05) is 13.8 Å². The second kappa shape index (κ2) is 42.5. The molecule has 0 heterocycles. The van der Waals surface area contributed by atoms with Crippen molar-refractivity contribution in [2.75, 3.05) is 13.1 Å². The van der Waals surface area contributed by atoms with Crippen LogP contribution >= 0.6 is 0 Å². The minimum atomic E-state index is -1.23. The number of amides is 5. The van der Waals surface area contributed by atoms with Gasteiger partial charge in [-0.2, -0.15) is 0 Å². The summed E-state index contributed by atoms with van der Waals surface area (Å²) < 4.78 is 0. The third-order valence-corrected chi connectivity index (χ3v) is 14.0. The van der Waals surface area contributed by atoms with Gasteiger partial charge in [0.1, 0.15) is 5.75 Å². The van der Waals surface area contributed by atoms with Gasteiger partial charge in [-0.25, -0.2) is 0 Å². The zero-order valence-electron chi connectivity index (χ0n) is 47.4. The number of unbranched alkanes of at least 4 members (excludes halogenated alkanes) is 14. The smallest absolute Gasteiger partial charge is 0.224 e. The number of nitrogens with one attached hydrogen (secondary N) is 4. The number of rotatable bonds is 48. The normalized spacial score (nSPS) is 13.5. The first-order chi connectivity index (χ1) is 36.9. The lowest BCUT2D eigenvalue weighted by Gasteiger charge is -2.26. The van der Waals surface area contributed by atoms with E-state index in [0.717, 1.165) is 19.3 Å². The van der Waals surface area contributed by atoms with Crippen LogP contribution in [0.5, 0.6) is 5.75 Å². The molecule has 0 saturated carbocycles. The molecule has 0 aliphatic rings. The van der Waals surface area contributed by atoms with Gasteiger partial charge in [0.05, 0.1) is 24.2 Å². The van der Waals surface area contributed by atoms with E-state index in [-0.39, 0.29) is 87.6 Å². The zero-order chi connectivity index (χ0) is 57.4. The van der Waals surface area contributed by atoms with E-state index >= 15 is 0 Å². The van der Waals surface area contributed by atoms with Gasteiger partial charge in [-0.05, 0) is 94.5 Å². The average Bonchev–Trinajstić information content (AvgIpc) is 3.39. The van der Waals surface area contributed by atoms with E-state index in [2.05, 4.69) is 34.1 Å². The predicted octanol–water partition coefficient (Wildman–Crippen LogP) is 7.43. The molecule has 0 spiro atoms. The van der Waals surface area contributed by atoms with Crippen LogP contribution in [0.25, 0.3) is 0 Å². The standard InChI is InChI=1S/C60H99N7O10/c1-6-9-10-11-12-13-14-15-16-17-18-19-20-28-57(74)64-48(25-7-2)53(70)34-36-58(75)65-51(40-44-29-32-47(68)33-30-44)55(72)42-46(31-35-56(63)73)60(77)66-49(27-22-24-38-62)54(71)41-45(26-21-23-37-61)59(76)67-50(39-43(4)5)52(69)8-3/h2,29-30,32-33,43,45-46,48-51,68H,6,8-28,31,34-42,61-62H2,1,3-5H3,(H2,63,73)(H,64,74)(H,65,75)(H,66,77)(H,67,76)/t45-,46-,48?,49+,50+,51+/m1/s1. The number of aromatic hydroxyl groups is 1. The molecule has 11 N–H and O–H groups in total. The van der Waals surface area contributed by atoms with Crippen LogP contribution < -0.4 is 38.5 Å². The fraction of sp³-hybridized carbons (Fsp3) is 0.717. The molecule has 0 saturated heterocycles. The Bertz CT molecular complexity index is 1970. The maximum atomic E-state index is 14.3. The van der Waals surface area contributed by atoms with Crippen LogP contribution in [-0.4, -0.2) is 95.0 Å². The average molecular weight is 1080 g/mol. The first-order valence-corrected chi connectivity index (χ1v) is 29.1. The lowest BCUT2D eigenvalue weighted by Crippen LogP contribution is -2.48. The molecule has 17 nitrogen and oxygen atoms in total. The van der Waals surface area contributed by atoms with E-state index in [1.54, 1.807) is 19.1 Å². The fourth-order valence-corrected chi connectivity index (χ4v) is 9.37. The van der Waals surface area contributed by atoms with Gasteiger partial charge in [0.15, 0.2) is 23.1 Å². The topological polar surface area (TPSA) is 300 Å². The predicted molar refractivity (Wildman–Crippen MR) is 303 cm³/mol. The quantitative estimate of drug-likeness (QED) is 0.0234. The molecule has 1 unspecified atom stereocenters. The summed E-state index contributed by atoms with van der Waals surface area (Å²) in [5, 5.41) is 21.1. The summed E-state index contributed by atoms with van der Waals surface area (Å²) in [6, 6.07) is 1.93. The van der Waals surface area contributed by atoms with E-state index < -0.39 is 83.4 Å². The van der Waals surface area contributed by atoms with Crippen molar-refractivity contribution in [2.24, 2.45) is 35.0 Å². The zero-order valence-corrected chi connectivity index (χ0v) is 47.4. The summed E-state index contributed by atoms with van der Waals surface area (Å²) in [5.74, 6) is -3.92. The van der Waals surface area contributed by atoms with Crippen LogP contribution in [0.4, 0.5) is 0 Å². The third-order valence-electron chi connectivity index (χ3n) is 14.0. The number of carbonyl (C=O) groups is 9. The second-order valence-electron chi connectivity index (χ2n) is 21.4. The Morgan fingerprint density at radius 1 is 0.532 bits per heavy atom. The number of benzene rings is 1. The van der Waals surface area contributed by atoms with E-state index in [9.17, 15) is 48.3 Å². The molecule has 77 heavy (non-hydrogen) atoms. The lowest BCUT2D eigenvalue weighted by molar-refractivity contribution is -0.135. The van der Waals surface area contributed by atoms with Crippen LogP contribution in [0.1, 0.15) is 219 Å². The maximum absolute atomic E-state index is 14.3. The molecule has 0 aromatic heterocycles. The second-order valence-corrected chi connectivity index (χ2v) is 21.4.